The molecule has 196 valence electrons. The Morgan fingerprint density at radius 2 is 1.54 bits per heavy atom. The van der Waals surface area contributed by atoms with Gasteiger partial charge in [-0.15, -0.1) is 0 Å². The van der Waals surface area contributed by atoms with Crippen LogP contribution in [0.5, 0.6) is 0 Å². The van der Waals surface area contributed by atoms with E-state index in [0.717, 1.165) is 17.9 Å². The van der Waals surface area contributed by atoms with Gasteiger partial charge in [-0.05, 0) is 29.8 Å². The Labute approximate surface area is 225 Å². The van der Waals surface area contributed by atoms with Crippen LogP contribution in [0.15, 0.2) is 72.8 Å². The molecule has 0 aliphatic heterocycles. The van der Waals surface area contributed by atoms with Crippen LogP contribution in [0, 0.1) is 5.82 Å². The molecule has 1 atom stereocenters. The molecule has 3 aromatic rings. The van der Waals surface area contributed by atoms with Crippen molar-refractivity contribution in [1.29, 1.82) is 0 Å². The molecule has 0 radical (unpaired) electrons. The van der Waals surface area contributed by atoms with Crippen LogP contribution in [-0.2, 0) is 32.6 Å². The van der Waals surface area contributed by atoms with Gasteiger partial charge in [-0.3, -0.25) is 13.9 Å². The maximum absolute atomic E-state index is 14.6. The number of anilines is 1. The molecule has 1 N–H and O–H groups in total. The van der Waals surface area contributed by atoms with Gasteiger partial charge in [0, 0.05) is 35.6 Å². The Bertz CT molecular complexity index is 1350. The molecule has 0 spiro atoms. The maximum Gasteiger partial charge on any atom is 0.244 e. The average molecular weight is 566 g/mol. The van der Waals surface area contributed by atoms with Crippen molar-refractivity contribution < 1.29 is 22.4 Å². The Kier molecular flexibility index (Phi) is 9.53. The lowest BCUT2D eigenvalue weighted by Crippen LogP contribution is -2.53. The van der Waals surface area contributed by atoms with E-state index in [1.165, 1.54) is 30.1 Å². The summed E-state index contributed by atoms with van der Waals surface area (Å²) in [5, 5.41) is 3.12. The molecule has 3 aromatic carbocycles. The summed E-state index contributed by atoms with van der Waals surface area (Å²) in [5.74, 6) is -2.03. The summed E-state index contributed by atoms with van der Waals surface area (Å²) in [5.41, 5.74) is 0.875. The Balaban J connectivity index is 2.08. The standard InChI is InChI=1S/C26H26Cl2FN3O4S/c1-30-26(34)24(15-18-9-4-3-5-10-18)31(16-19-20(27)11-8-12-21(19)28)25(33)17-32(37(2,35)36)23-14-7-6-13-22(23)29/h3-14,24H,15-17H2,1-2H3,(H,30,34)/t24-/m0/s1. The molecule has 37 heavy (non-hydrogen) atoms. The van der Waals surface area contributed by atoms with Crippen molar-refractivity contribution in [1.82, 2.24) is 10.2 Å². The molecular weight excluding hydrogens is 540 g/mol. The van der Waals surface area contributed by atoms with Gasteiger partial charge in [0.1, 0.15) is 18.4 Å². The minimum absolute atomic E-state index is 0.132. The number of nitrogens with one attached hydrogen (secondary N) is 1. The number of sulfonamides is 1. The third kappa shape index (κ3) is 7.21. The zero-order chi connectivity index (χ0) is 27.2. The first-order valence-electron chi connectivity index (χ1n) is 11.2. The van der Waals surface area contributed by atoms with E-state index in [4.69, 9.17) is 23.2 Å². The van der Waals surface area contributed by atoms with Crippen molar-refractivity contribution in [2.75, 3.05) is 24.2 Å². The van der Waals surface area contributed by atoms with Gasteiger partial charge in [-0.1, -0.05) is 71.7 Å². The van der Waals surface area contributed by atoms with Gasteiger partial charge in [0.2, 0.25) is 21.8 Å². The zero-order valence-corrected chi connectivity index (χ0v) is 22.5. The molecule has 0 unspecified atom stereocenters. The van der Waals surface area contributed by atoms with Crippen LogP contribution in [0.25, 0.3) is 0 Å². The zero-order valence-electron chi connectivity index (χ0n) is 20.2. The lowest BCUT2D eigenvalue weighted by molar-refractivity contribution is -0.139. The molecular formula is C26H26Cl2FN3O4S. The maximum atomic E-state index is 14.6. The fourth-order valence-corrected chi connectivity index (χ4v) is 5.19. The molecule has 0 bridgehead atoms. The second-order valence-corrected chi connectivity index (χ2v) is 11.0. The first kappa shape index (κ1) is 28.4. The average Bonchev–Trinajstić information content (AvgIpc) is 2.86. The highest BCUT2D eigenvalue weighted by molar-refractivity contribution is 7.92. The van der Waals surface area contributed by atoms with Crippen molar-refractivity contribution >= 4 is 50.7 Å². The van der Waals surface area contributed by atoms with E-state index >= 15 is 0 Å². The third-order valence-corrected chi connectivity index (χ3v) is 7.54. The van der Waals surface area contributed by atoms with E-state index in [1.54, 1.807) is 30.3 Å². The van der Waals surface area contributed by atoms with Crippen LogP contribution in [0.1, 0.15) is 11.1 Å². The summed E-state index contributed by atoms with van der Waals surface area (Å²) in [7, 11) is -2.64. The molecule has 0 saturated carbocycles. The smallest absolute Gasteiger partial charge is 0.244 e. The predicted molar refractivity (Wildman–Crippen MR) is 144 cm³/mol. The van der Waals surface area contributed by atoms with Crippen LogP contribution >= 0.6 is 23.2 Å². The largest absolute Gasteiger partial charge is 0.357 e. The van der Waals surface area contributed by atoms with Crippen LogP contribution in [0.2, 0.25) is 10.0 Å². The number of likely N-dealkylation sites (N-methyl/N-ethyl adjacent to an activating group) is 1. The minimum atomic E-state index is -4.08. The van der Waals surface area contributed by atoms with Crippen molar-refractivity contribution in [2.45, 2.75) is 19.0 Å². The second kappa shape index (κ2) is 12.4. The predicted octanol–water partition coefficient (Wildman–Crippen LogP) is 4.28. The molecule has 0 fully saturated rings. The number of hydrogen-bond acceptors (Lipinski definition) is 4. The van der Waals surface area contributed by atoms with E-state index < -0.39 is 40.2 Å². The highest BCUT2D eigenvalue weighted by atomic mass is 35.5. The van der Waals surface area contributed by atoms with Gasteiger partial charge in [-0.2, -0.15) is 0 Å². The summed E-state index contributed by atoms with van der Waals surface area (Å²) in [4.78, 5) is 28.1. The number of benzene rings is 3. The number of carbonyl (C=O) groups excluding carboxylic acids is 2. The molecule has 0 aliphatic rings. The van der Waals surface area contributed by atoms with Gasteiger partial charge in [0.05, 0.1) is 11.9 Å². The monoisotopic (exact) mass is 565 g/mol. The number of para-hydroxylation sites is 1. The van der Waals surface area contributed by atoms with Gasteiger partial charge in [0.15, 0.2) is 0 Å². The van der Waals surface area contributed by atoms with Crippen molar-refractivity contribution in [3.05, 3.63) is 99.8 Å². The molecule has 0 heterocycles. The van der Waals surface area contributed by atoms with E-state index in [9.17, 15) is 22.4 Å². The highest BCUT2D eigenvalue weighted by Crippen LogP contribution is 2.28. The summed E-state index contributed by atoms with van der Waals surface area (Å²) in [6.45, 7) is -0.929. The Morgan fingerprint density at radius 3 is 2.11 bits per heavy atom. The quantitative estimate of drug-likeness (QED) is 0.397. The molecule has 11 heteroatoms. The molecule has 3 rings (SSSR count). The van der Waals surface area contributed by atoms with E-state index in [1.807, 2.05) is 18.2 Å². The molecule has 0 saturated heterocycles. The molecule has 0 aliphatic carbocycles. The Morgan fingerprint density at radius 1 is 0.946 bits per heavy atom. The second-order valence-electron chi connectivity index (χ2n) is 8.26. The molecule has 0 aromatic heterocycles. The number of amides is 2. The van der Waals surface area contributed by atoms with E-state index in [-0.39, 0.29) is 28.7 Å². The van der Waals surface area contributed by atoms with Gasteiger partial charge in [-0.25, -0.2) is 12.8 Å². The summed E-state index contributed by atoms with van der Waals surface area (Å²) in [6, 6.07) is 18.1. The van der Waals surface area contributed by atoms with Crippen molar-refractivity contribution in [3.8, 4) is 0 Å². The van der Waals surface area contributed by atoms with Gasteiger partial charge >= 0.3 is 0 Å². The van der Waals surface area contributed by atoms with Crippen molar-refractivity contribution in [3.63, 3.8) is 0 Å². The summed E-state index contributed by atoms with van der Waals surface area (Å²) < 4.78 is 40.5. The van der Waals surface area contributed by atoms with Crippen LogP contribution in [0.3, 0.4) is 0 Å². The van der Waals surface area contributed by atoms with E-state index in [0.29, 0.717) is 9.87 Å². The number of carbonyl (C=O) groups is 2. The van der Waals surface area contributed by atoms with Crippen molar-refractivity contribution in [2.24, 2.45) is 0 Å². The summed E-state index contributed by atoms with van der Waals surface area (Å²) >= 11 is 12.7. The normalized spacial score (nSPS) is 12.0. The minimum Gasteiger partial charge on any atom is -0.357 e. The van der Waals surface area contributed by atoms with Gasteiger partial charge < -0.3 is 10.2 Å². The number of halogens is 3. The lowest BCUT2D eigenvalue weighted by atomic mass is 10.0. The SMILES string of the molecule is CNC(=O)[C@H](Cc1ccccc1)N(Cc1c(Cl)cccc1Cl)C(=O)CN(c1ccccc1F)S(C)(=O)=O. The fourth-order valence-electron chi connectivity index (χ4n) is 3.82. The van der Waals surface area contributed by atoms with Gasteiger partial charge in [0.25, 0.3) is 0 Å². The highest BCUT2D eigenvalue weighted by Gasteiger charge is 2.33. The summed E-state index contributed by atoms with van der Waals surface area (Å²) in [6.07, 6.45) is 1.01. The third-order valence-electron chi connectivity index (χ3n) is 5.71. The number of hydrogen-bond donors (Lipinski definition) is 1. The molecule has 2 amide bonds. The number of nitrogens with zero attached hydrogens (tertiary/aromatic N) is 2. The van der Waals surface area contributed by atoms with E-state index in [2.05, 4.69) is 5.32 Å². The topological polar surface area (TPSA) is 86.8 Å². The number of rotatable bonds is 10. The van der Waals surface area contributed by atoms with Crippen LogP contribution < -0.4 is 9.62 Å². The van der Waals surface area contributed by atoms with Crippen LogP contribution in [-0.4, -0.2) is 51.0 Å². The Hall–Kier alpha value is -3.14. The lowest BCUT2D eigenvalue weighted by Gasteiger charge is -2.33. The molecule has 7 nitrogen and oxygen atoms in total. The fraction of sp³-hybridized carbons (Fsp3) is 0.231. The van der Waals surface area contributed by atoms with Crippen LogP contribution in [0.4, 0.5) is 10.1 Å². The first-order valence-corrected chi connectivity index (χ1v) is 13.8. The first-order chi connectivity index (χ1) is 17.5.